The molecule has 2 aliphatic rings. The Hall–Kier alpha value is -2.40. The molecule has 2 aromatic rings. The normalized spacial score (nSPS) is 18.4. The van der Waals surface area contributed by atoms with Crippen molar-refractivity contribution in [3.8, 4) is 0 Å². The molecular formula is C20H20N2O2S. The molecule has 2 aliphatic heterocycles. The van der Waals surface area contributed by atoms with E-state index >= 15 is 0 Å². The zero-order valence-corrected chi connectivity index (χ0v) is 15.0. The maximum Gasteiger partial charge on any atom is 0.282 e. The van der Waals surface area contributed by atoms with Crippen LogP contribution in [0.15, 0.2) is 47.5 Å². The summed E-state index contributed by atoms with van der Waals surface area (Å²) >= 11 is 1.51. The molecule has 0 bridgehead atoms. The van der Waals surface area contributed by atoms with Gasteiger partial charge < -0.3 is 4.90 Å². The third-order valence-corrected chi connectivity index (χ3v) is 5.65. The lowest BCUT2D eigenvalue weighted by molar-refractivity contribution is -0.120. The van der Waals surface area contributed by atoms with Gasteiger partial charge in [0, 0.05) is 18.0 Å². The van der Waals surface area contributed by atoms with Crippen molar-refractivity contribution in [1.82, 2.24) is 4.90 Å². The number of hydrogen-bond acceptors (Lipinski definition) is 4. The minimum Gasteiger partial charge on any atom is -0.366 e. The van der Waals surface area contributed by atoms with Gasteiger partial charge in [-0.2, -0.15) is 0 Å². The first kappa shape index (κ1) is 16.1. The van der Waals surface area contributed by atoms with Crippen molar-refractivity contribution < 1.29 is 9.59 Å². The molecule has 1 aromatic carbocycles. The first-order chi connectivity index (χ1) is 12.2. The number of nitrogens with zero attached hydrogens (tertiary/aromatic N) is 2. The second-order valence-corrected chi connectivity index (χ2v) is 7.48. The van der Waals surface area contributed by atoms with Gasteiger partial charge in [0.1, 0.15) is 5.70 Å². The number of benzene rings is 1. The highest BCUT2D eigenvalue weighted by Gasteiger charge is 2.43. The molecule has 3 heterocycles. The molecule has 0 atom stereocenters. The number of aryl methyl sites for hydroxylation is 1. The first-order valence-electron chi connectivity index (χ1n) is 8.65. The summed E-state index contributed by atoms with van der Waals surface area (Å²) in [4.78, 5) is 30.8. The summed E-state index contributed by atoms with van der Waals surface area (Å²) in [7, 11) is 0. The van der Waals surface area contributed by atoms with Gasteiger partial charge in [-0.05, 0) is 55.3 Å². The SMILES string of the molecule is Cc1cccc(N2C(=O)C(c3cccs3)=C(N3CCCCC3)C2=O)c1. The van der Waals surface area contributed by atoms with Crippen molar-refractivity contribution in [1.29, 1.82) is 0 Å². The maximum absolute atomic E-state index is 13.2. The van der Waals surface area contributed by atoms with Gasteiger partial charge in [-0.25, -0.2) is 4.90 Å². The fourth-order valence-corrected chi connectivity index (χ4v) is 4.34. The van der Waals surface area contributed by atoms with Gasteiger partial charge in [-0.3, -0.25) is 9.59 Å². The Morgan fingerprint density at radius 3 is 2.44 bits per heavy atom. The Morgan fingerprint density at radius 2 is 1.76 bits per heavy atom. The van der Waals surface area contributed by atoms with Crippen molar-refractivity contribution in [2.45, 2.75) is 26.2 Å². The number of imide groups is 1. The number of piperidine rings is 1. The van der Waals surface area contributed by atoms with E-state index in [0.29, 0.717) is 17.0 Å². The number of carbonyl (C=O) groups is 2. The van der Waals surface area contributed by atoms with Gasteiger partial charge in [0.25, 0.3) is 11.8 Å². The fourth-order valence-electron chi connectivity index (χ4n) is 3.57. The zero-order valence-electron chi connectivity index (χ0n) is 14.2. The molecule has 0 saturated carbocycles. The lowest BCUT2D eigenvalue weighted by Crippen LogP contribution is -2.37. The largest absolute Gasteiger partial charge is 0.366 e. The van der Waals surface area contributed by atoms with Crippen molar-refractivity contribution >= 4 is 34.4 Å². The summed E-state index contributed by atoms with van der Waals surface area (Å²) in [5.41, 5.74) is 2.82. The zero-order chi connectivity index (χ0) is 17.4. The molecule has 5 heteroatoms. The predicted octanol–water partition coefficient (Wildman–Crippen LogP) is 3.83. The molecular weight excluding hydrogens is 332 g/mol. The molecule has 2 amide bonds. The van der Waals surface area contributed by atoms with Crippen LogP contribution in [-0.2, 0) is 9.59 Å². The van der Waals surface area contributed by atoms with E-state index in [0.717, 1.165) is 36.4 Å². The van der Waals surface area contributed by atoms with Crippen LogP contribution in [0, 0.1) is 6.92 Å². The van der Waals surface area contributed by atoms with Crippen molar-refractivity contribution in [3.63, 3.8) is 0 Å². The topological polar surface area (TPSA) is 40.6 Å². The lowest BCUT2D eigenvalue weighted by atomic mass is 10.1. The Morgan fingerprint density at radius 1 is 0.960 bits per heavy atom. The summed E-state index contributed by atoms with van der Waals surface area (Å²) in [5.74, 6) is -0.403. The molecule has 0 spiro atoms. The predicted molar refractivity (Wildman–Crippen MR) is 100 cm³/mol. The van der Waals surface area contributed by atoms with E-state index in [9.17, 15) is 9.59 Å². The molecule has 128 valence electrons. The molecule has 1 fully saturated rings. The fraction of sp³-hybridized carbons (Fsp3) is 0.300. The number of anilines is 1. The summed E-state index contributed by atoms with van der Waals surface area (Å²) in [5, 5.41) is 1.95. The molecule has 1 aromatic heterocycles. The van der Waals surface area contributed by atoms with Crippen LogP contribution in [-0.4, -0.2) is 29.8 Å². The van der Waals surface area contributed by atoms with E-state index < -0.39 is 0 Å². The van der Waals surface area contributed by atoms with E-state index in [1.807, 2.05) is 48.7 Å². The Balaban J connectivity index is 1.81. The van der Waals surface area contributed by atoms with E-state index in [4.69, 9.17) is 0 Å². The van der Waals surface area contributed by atoms with Crippen LogP contribution < -0.4 is 4.90 Å². The van der Waals surface area contributed by atoms with Crippen molar-refractivity contribution in [2.75, 3.05) is 18.0 Å². The Kier molecular flexibility index (Phi) is 4.17. The Bertz CT molecular complexity index is 848. The third-order valence-electron chi connectivity index (χ3n) is 4.76. The highest BCUT2D eigenvalue weighted by atomic mass is 32.1. The average molecular weight is 352 g/mol. The van der Waals surface area contributed by atoms with Crippen molar-refractivity contribution in [2.24, 2.45) is 0 Å². The number of thiophene rings is 1. The molecule has 1 saturated heterocycles. The second kappa shape index (κ2) is 6.48. The molecule has 4 rings (SSSR count). The highest BCUT2D eigenvalue weighted by molar-refractivity contribution is 7.11. The van der Waals surface area contributed by atoms with Crippen LogP contribution >= 0.6 is 11.3 Å². The van der Waals surface area contributed by atoms with Gasteiger partial charge in [0.05, 0.1) is 11.3 Å². The van der Waals surface area contributed by atoms with Gasteiger partial charge in [0.2, 0.25) is 0 Å². The van der Waals surface area contributed by atoms with E-state index in [1.54, 1.807) is 0 Å². The molecule has 25 heavy (non-hydrogen) atoms. The highest BCUT2D eigenvalue weighted by Crippen LogP contribution is 2.37. The van der Waals surface area contributed by atoms with E-state index in [2.05, 4.69) is 4.90 Å². The van der Waals surface area contributed by atoms with E-state index in [-0.39, 0.29) is 11.8 Å². The standard InChI is InChI=1S/C20H20N2O2S/c1-14-7-5-8-15(13-14)22-19(23)17(16-9-6-12-25-16)18(20(22)24)21-10-3-2-4-11-21/h5-9,12-13H,2-4,10-11H2,1H3. The third kappa shape index (κ3) is 2.78. The summed E-state index contributed by atoms with van der Waals surface area (Å²) in [6.45, 7) is 3.64. The summed E-state index contributed by atoms with van der Waals surface area (Å²) in [6.07, 6.45) is 3.31. The van der Waals surface area contributed by atoms with Crippen molar-refractivity contribution in [3.05, 3.63) is 57.9 Å². The van der Waals surface area contributed by atoms with Gasteiger partial charge in [-0.15, -0.1) is 11.3 Å². The van der Waals surface area contributed by atoms with Crippen LogP contribution in [0.3, 0.4) is 0 Å². The first-order valence-corrected chi connectivity index (χ1v) is 9.53. The number of amides is 2. The van der Waals surface area contributed by atoms with Crippen LogP contribution in [0.1, 0.15) is 29.7 Å². The van der Waals surface area contributed by atoms with Crippen LogP contribution in [0.2, 0.25) is 0 Å². The van der Waals surface area contributed by atoms with E-state index in [1.165, 1.54) is 22.7 Å². The molecule has 0 aliphatic carbocycles. The number of rotatable bonds is 3. The number of likely N-dealkylation sites (tertiary alicyclic amines) is 1. The number of carbonyl (C=O) groups excluding carboxylic acids is 2. The number of hydrogen-bond donors (Lipinski definition) is 0. The minimum absolute atomic E-state index is 0.194. The van der Waals surface area contributed by atoms with Gasteiger partial charge in [0.15, 0.2) is 0 Å². The van der Waals surface area contributed by atoms with Crippen LogP contribution in [0.5, 0.6) is 0 Å². The summed E-state index contributed by atoms with van der Waals surface area (Å²) in [6, 6.07) is 11.4. The monoisotopic (exact) mass is 352 g/mol. The second-order valence-electron chi connectivity index (χ2n) is 6.53. The lowest BCUT2D eigenvalue weighted by Gasteiger charge is -2.29. The Labute approximate surface area is 151 Å². The summed E-state index contributed by atoms with van der Waals surface area (Å²) < 4.78 is 0. The average Bonchev–Trinajstić information content (AvgIpc) is 3.22. The quantitative estimate of drug-likeness (QED) is 0.789. The molecule has 0 radical (unpaired) electrons. The van der Waals surface area contributed by atoms with Gasteiger partial charge in [-0.1, -0.05) is 18.2 Å². The van der Waals surface area contributed by atoms with Crippen LogP contribution in [0.4, 0.5) is 5.69 Å². The smallest absolute Gasteiger partial charge is 0.282 e. The molecule has 0 unspecified atom stereocenters. The van der Waals surface area contributed by atoms with Gasteiger partial charge >= 0.3 is 0 Å². The van der Waals surface area contributed by atoms with Crippen LogP contribution in [0.25, 0.3) is 5.57 Å². The maximum atomic E-state index is 13.2. The molecule has 0 N–H and O–H groups in total. The molecule has 4 nitrogen and oxygen atoms in total. The minimum atomic E-state index is -0.210.